The molecule has 3 rings (SSSR count). The molecule has 0 radical (unpaired) electrons. The third-order valence-corrected chi connectivity index (χ3v) is 6.79. The first-order valence-corrected chi connectivity index (χ1v) is 11.0. The summed E-state index contributed by atoms with van der Waals surface area (Å²) in [5.41, 5.74) is 1.41. The zero-order valence-corrected chi connectivity index (χ0v) is 16.9. The Morgan fingerprint density at radius 2 is 2.00 bits per heavy atom. The van der Waals surface area contributed by atoms with Crippen LogP contribution in [0.1, 0.15) is 37.6 Å². The Balaban J connectivity index is 1.70. The van der Waals surface area contributed by atoms with E-state index in [1.54, 1.807) is 6.07 Å². The molecule has 27 heavy (non-hydrogen) atoms. The highest BCUT2D eigenvalue weighted by atomic mass is 32.2. The number of hydrogen-bond acceptors (Lipinski definition) is 8. The van der Waals surface area contributed by atoms with E-state index < -0.39 is 10.0 Å². The summed E-state index contributed by atoms with van der Waals surface area (Å²) in [6.45, 7) is 5.10. The van der Waals surface area contributed by atoms with Crippen LogP contribution in [0.25, 0.3) is 0 Å². The molecule has 9 nitrogen and oxygen atoms in total. The summed E-state index contributed by atoms with van der Waals surface area (Å²) in [4.78, 5) is 26.1. The van der Waals surface area contributed by atoms with Crippen LogP contribution < -0.4 is 14.9 Å². The number of nitrogens with zero attached hydrogens (tertiary/aromatic N) is 4. The molecule has 0 aliphatic carbocycles. The average Bonchev–Trinajstić information content (AvgIpc) is 3.09. The quantitative estimate of drug-likeness (QED) is 0.744. The second-order valence-corrected chi connectivity index (χ2v) is 9.36. The monoisotopic (exact) mass is 410 g/mol. The molecule has 0 bridgehead atoms. The summed E-state index contributed by atoms with van der Waals surface area (Å²) in [5, 5.41) is 2.72. The molecule has 2 N–H and O–H groups in total. The molecule has 0 aromatic carbocycles. The molecule has 0 saturated carbocycles. The highest BCUT2D eigenvalue weighted by Crippen LogP contribution is 2.23. The Bertz CT molecular complexity index is 922. The van der Waals surface area contributed by atoms with Crippen molar-refractivity contribution in [3.8, 4) is 0 Å². The Morgan fingerprint density at radius 3 is 2.70 bits per heavy atom. The van der Waals surface area contributed by atoms with Crippen LogP contribution in [0, 0.1) is 6.92 Å². The van der Waals surface area contributed by atoms with Crippen molar-refractivity contribution >= 4 is 38.3 Å². The molecule has 0 atom stereocenters. The van der Waals surface area contributed by atoms with Crippen molar-refractivity contribution < 1.29 is 13.2 Å². The van der Waals surface area contributed by atoms with Gasteiger partial charge in [0, 0.05) is 25.7 Å². The van der Waals surface area contributed by atoms with Crippen molar-refractivity contribution in [1.82, 2.24) is 19.7 Å². The maximum atomic E-state index is 12.5. The van der Waals surface area contributed by atoms with Crippen molar-refractivity contribution in [1.29, 1.82) is 0 Å². The molecule has 0 unspecified atom stereocenters. The lowest BCUT2D eigenvalue weighted by Gasteiger charge is -2.27. The maximum absolute atomic E-state index is 12.5. The van der Waals surface area contributed by atoms with Gasteiger partial charge in [0.2, 0.25) is 11.9 Å². The van der Waals surface area contributed by atoms with Gasteiger partial charge in [-0.15, -0.1) is 0 Å². The molecule has 146 valence electrons. The van der Waals surface area contributed by atoms with Gasteiger partial charge in [-0.25, -0.2) is 28.1 Å². The number of sulfonamides is 1. The Kier molecular flexibility index (Phi) is 6.02. The highest BCUT2D eigenvalue weighted by molar-refractivity contribution is 7.91. The molecule has 11 heteroatoms. The van der Waals surface area contributed by atoms with E-state index in [0.29, 0.717) is 11.6 Å². The minimum atomic E-state index is -3.74. The van der Waals surface area contributed by atoms with Gasteiger partial charge in [0.1, 0.15) is 0 Å². The van der Waals surface area contributed by atoms with E-state index in [2.05, 4.69) is 29.9 Å². The first kappa shape index (κ1) is 19.6. The van der Waals surface area contributed by atoms with E-state index in [1.807, 2.05) is 6.92 Å². The van der Waals surface area contributed by atoms with Crippen LogP contribution in [-0.2, 0) is 21.4 Å². The van der Waals surface area contributed by atoms with Gasteiger partial charge in [0.15, 0.2) is 9.34 Å². The molecular formula is C16H22N6O3S2. The third kappa shape index (κ3) is 5.21. The molecule has 0 spiro atoms. The number of anilines is 2. The average molecular weight is 411 g/mol. The number of rotatable bonds is 6. The van der Waals surface area contributed by atoms with E-state index in [4.69, 9.17) is 0 Å². The van der Waals surface area contributed by atoms with Gasteiger partial charge in [-0.2, -0.15) is 0 Å². The normalized spacial score (nSPS) is 15.0. The van der Waals surface area contributed by atoms with E-state index in [0.717, 1.165) is 43.0 Å². The topological polar surface area (TPSA) is 117 Å². The summed E-state index contributed by atoms with van der Waals surface area (Å²) in [5.74, 6) is 0.345. The summed E-state index contributed by atoms with van der Waals surface area (Å²) < 4.78 is 27.5. The number of thiazole rings is 1. The largest absolute Gasteiger partial charge is 0.341 e. The molecule has 1 fully saturated rings. The van der Waals surface area contributed by atoms with Gasteiger partial charge in [-0.05, 0) is 32.3 Å². The fourth-order valence-electron chi connectivity index (χ4n) is 2.77. The van der Waals surface area contributed by atoms with Crippen molar-refractivity contribution in [2.75, 3.05) is 23.3 Å². The third-order valence-electron chi connectivity index (χ3n) is 4.01. The van der Waals surface area contributed by atoms with Crippen LogP contribution in [0.4, 0.5) is 11.1 Å². The number of nitrogens with one attached hydrogen (secondary N) is 2. The second kappa shape index (κ2) is 8.28. The van der Waals surface area contributed by atoms with Crippen molar-refractivity contribution in [2.24, 2.45) is 0 Å². The number of aromatic nitrogens is 3. The molecule has 1 amide bonds. The lowest BCUT2D eigenvalue weighted by Crippen LogP contribution is -2.31. The lowest BCUT2D eigenvalue weighted by atomic mass is 10.1. The van der Waals surface area contributed by atoms with E-state index in [9.17, 15) is 13.2 Å². The highest BCUT2D eigenvalue weighted by Gasteiger charge is 2.19. The van der Waals surface area contributed by atoms with Gasteiger partial charge in [-0.3, -0.25) is 4.79 Å². The molecule has 3 heterocycles. The fourth-order valence-corrected chi connectivity index (χ4v) is 4.89. The summed E-state index contributed by atoms with van der Waals surface area (Å²) in [7, 11) is -3.74. The van der Waals surface area contributed by atoms with Gasteiger partial charge >= 0.3 is 0 Å². The number of carbonyl (C=O) groups is 1. The summed E-state index contributed by atoms with van der Waals surface area (Å²) in [6.07, 6.45) is 4.66. The van der Waals surface area contributed by atoms with Crippen LogP contribution in [0.2, 0.25) is 0 Å². The predicted molar refractivity (Wildman–Crippen MR) is 103 cm³/mol. The van der Waals surface area contributed by atoms with Crippen molar-refractivity contribution in [2.45, 2.75) is 43.9 Å². The van der Waals surface area contributed by atoms with E-state index in [1.165, 1.54) is 19.5 Å². The maximum Gasteiger partial charge on any atom is 0.252 e. The SMILES string of the molecule is CC(=O)Nc1ncc(S(=O)(=O)NCc2cc(C)nc(N3CCCCC3)n2)s1. The standard InChI is InChI=1S/C16H22N6O3S2/c1-11-8-13(21-15(19-11)22-6-4-3-5-7-22)9-18-27(24,25)14-10-17-16(26-14)20-12(2)23/h8,10,18H,3-7,9H2,1-2H3,(H,17,20,23). The fraction of sp³-hybridized carbons (Fsp3) is 0.500. The van der Waals surface area contributed by atoms with Crippen LogP contribution in [0.5, 0.6) is 0 Å². The summed E-state index contributed by atoms with van der Waals surface area (Å²) in [6, 6.07) is 1.77. The zero-order chi connectivity index (χ0) is 19.4. The molecule has 1 aliphatic heterocycles. The van der Waals surface area contributed by atoms with E-state index >= 15 is 0 Å². The van der Waals surface area contributed by atoms with Gasteiger partial charge in [0.05, 0.1) is 18.4 Å². The van der Waals surface area contributed by atoms with Gasteiger partial charge in [-0.1, -0.05) is 11.3 Å². The van der Waals surface area contributed by atoms with Gasteiger partial charge < -0.3 is 10.2 Å². The lowest BCUT2D eigenvalue weighted by molar-refractivity contribution is -0.114. The van der Waals surface area contributed by atoms with E-state index in [-0.39, 0.29) is 21.8 Å². The van der Waals surface area contributed by atoms with Crippen molar-refractivity contribution in [3.05, 3.63) is 23.7 Å². The Hall–Kier alpha value is -2.11. The van der Waals surface area contributed by atoms with Crippen LogP contribution in [0.15, 0.2) is 16.5 Å². The van der Waals surface area contributed by atoms with Crippen LogP contribution in [0.3, 0.4) is 0 Å². The first-order valence-electron chi connectivity index (χ1n) is 8.66. The van der Waals surface area contributed by atoms with Crippen LogP contribution in [-0.4, -0.2) is 42.4 Å². The molecule has 2 aromatic rings. The summed E-state index contributed by atoms with van der Waals surface area (Å²) >= 11 is 0.898. The first-order chi connectivity index (χ1) is 12.8. The minimum absolute atomic E-state index is 0.0354. The molecular weight excluding hydrogens is 388 g/mol. The molecule has 2 aromatic heterocycles. The number of hydrogen-bond donors (Lipinski definition) is 2. The Morgan fingerprint density at radius 1 is 1.26 bits per heavy atom. The minimum Gasteiger partial charge on any atom is -0.341 e. The predicted octanol–water partition coefficient (Wildman–Crippen LogP) is 1.67. The number of amides is 1. The number of carbonyl (C=O) groups excluding carboxylic acids is 1. The van der Waals surface area contributed by atoms with Gasteiger partial charge in [0.25, 0.3) is 10.0 Å². The number of piperidine rings is 1. The van der Waals surface area contributed by atoms with Crippen LogP contribution >= 0.6 is 11.3 Å². The smallest absolute Gasteiger partial charge is 0.252 e. The zero-order valence-electron chi connectivity index (χ0n) is 15.2. The molecule has 1 aliphatic rings. The number of aryl methyl sites for hydroxylation is 1. The molecule has 1 saturated heterocycles. The second-order valence-electron chi connectivity index (χ2n) is 6.34. The Labute approximate surface area is 162 Å². The van der Waals surface area contributed by atoms with Crippen molar-refractivity contribution in [3.63, 3.8) is 0 Å².